The average molecular weight is 476 g/mol. The van der Waals surface area contributed by atoms with Crippen molar-refractivity contribution >= 4 is 44.6 Å². The van der Waals surface area contributed by atoms with Gasteiger partial charge in [-0.2, -0.15) is 0 Å². The topological polar surface area (TPSA) is 101 Å². The van der Waals surface area contributed by atoms with Crippen LogP contribution in [0.4, 0.5) is 0 Å². The molecule has 1 aliphatic heterocycles. The molecule has 0 aliphatic carbocycles. The zero-order valence-corrected chi connectivity index (χ0v) is 20.0. The third-order valence-corrected chi connectivity index (χ3v) is 6.23. The van der Waals surface area contributed by atoms with Crippen LogP contribution in [0, 0.1) is 0 Å². The lowest BCUT2D eigenvalue weighted by atomic mass is 9.86. The van der Waals surface area contributed by atoms with E-state index >= 15 is 0 Å². The lowest BCUT2D eigenvalue weighted by Crippen LogP contribution is -2.52. The molecule has 5 rings (SSSR count). The Morgan fingerprint density at radius 1 is 0.971 bits per heavy atom. The SMILES string of the molecule is COc1cc2c(c3oc4ccc5ccccc5c4c(=O)c13)[C@H](OC(C)=O)[C@H](OC(C)=O)C(C)(C)O2. The summed E-state index contributed by atoms with van der Waals surface area (Å²) in [6.07, 6.45) is -2.07. The molecule has 3 aromatic carbocycles. The van der Waals surface area contributed by atoms with Crippen molar-refractivity contribution in [3.63, 3.8) is 0 Å². The molecule has 0 radical (unpaired) electrons. The third-order valence-electron chi connectivity index (χ3n) is 6.23. The normalized spacial score (nSPS) is 18.7. The highest BCUT2D eigenvalue weighted by atomic mass is 16.6. The van der Waals surface area contributed by atoms with E-state index in [1.807, 2.05) is 30.3 Å². The minimum absolute atomic E-state index is 0.144. The molecule has 0 unspecified atom stereocenters. The summed E-state index contributed by atoms with van der Waals surface area (Å²) in [5.74, 6) is -0.597. The zero-order valence-electron chi connectivity index (χ0n) is 20.0. The molecule has 8 heteroatoms. The first-order valence-electron chi connectivity index (χ1n) is 11.1. The molecule has 2 heterocycles. The maximum absolute atomic E-state index is 13.9. The molecular weight excluding hydrogens is 452 g/mol. The van der Waals surface area contributed by atoms with Gasteiger partial charge in [0.25, 0.3) is 0 Å². The maximum Gasteiger partial charge on any atom is 0.303 e. The second-order valence-electron chi connectivity index (χ2n) is 9.05. The fraction of sp³-hybridized carbons (Fsp3) is 0.296. The van der Waals surface area contributed by atoms with Gasteiger partial charge in [-0.05, 0) is 30.7 Å². The Kier molecular flexibility index (Phi) is 5.20. The van der Waals surface area contributed by atoms with Crippen molar-refractivity contribution in [1.82, 2.24) is 0 Å². The zero-order chi connectivity index (χ0) is 25.1. The number of hydrogen-bond donors (Lipinski definition) is 0. The van der Waals surface area contributed by atoms with E-state index in [0.29, 0.717) is 22.3 Å². The van der Waals surface area contributed by atoms with Crippen LogP contribution in [0.2, 0.25) is 0 Å². The molecule has 1 aliphatic rings. The number of carbonyl (C=O) groups excluding carboxylic acids is 2. The van der Waals surface area contributed by atoms with Gasteiger partial charge in [0.05, 0.1) is 18.1 Å². The van der Waals surface area contributed by atoms with Crippen molar-refractivity contribution in [2.24, 2.45) is 0 Å². The van der Waals surface area contributed by atoms with Crippen LogP contribution in [-0.4, -0.2) is 30.8 Å². The van der Waals surface area contributed by atoms with Gasteiger partial charge in [-0.1, -0.05) is 30.3 Å². The minimum Gasteiger partial charge on any atom is -0.496 e. The number of esters is 2. The quantitative estimate of drug-likeness (QED) is 0.236. The summed E-state index contributed by atoms with van der Waals surface area (Å²) in [6, 6.07) is 12.7. The Morgan fingerprint density at radius 3 is 2.37 bits per heavy atom. The number of benzene rings is 3. The fourth-order valence-corrected chi connectivity index (χ4v) is 4.81. The predicted molar refractivity (Wildman–Crippen MR) is 129 cm³/mol. The second kappa shape index (κ2) is 8.01. The van der Waals surface area contributed by atoms with Gasteiger partial charge >= 0.3 is 11.9 Å². The molecule has 0 saturated carbocycles. The van der Waals surface area contributed by atoms with Crippen LogP contribution in [0.25, 0.3) is 32.7 Å². The molecule has 2 atom stereocenters. The standard InChI is InChI=1S/C27H24O8/c1-13(28)32-25-22-19(35-27(3,4)26(25)33-14(2)29)12-18(31-5)21-23(30)20-16-9-7-6-8-15(16)10-11-17(20)34-24(21)22/h6-12,25-26H,1-5H3/t25-,26-/m0/s1. The molecule has 180 valence electrons. The first kappa shape index (κ1) is 22.7. The molecular formula is C27H24O8. The molecule has 35 heavy (non-hydrogen) atoms. The number of ether oxygens (including phenoxy) is 4. The Hall–Kier alpha value is -4.07. The van der Waals surface area contributed by atoms with E-state index in [4.69, 9.17) is 23.4 Å². The van der Waals surface area contributed by atoms with Gasteiger partial charge in [0.2, 0.25) is 5.43 Å². The summed E-state index contributed by atoms with van der Waals surface area (Å²) in [5.41, 5.74) is -0.565. The number of hydrogen-bond acceptors (Lipinski definition) is 8. The monoisotopic (exact) mass is 476 g/mol. The summed E-state index contributed by atoms with van der Waals surface area (Å²) >= 11 is 0. The molecule has 0 saturated heterocycles. The minimum atomic E-state index is -1.08. The predicted octanol–water partition coefficient (Wildman–Crippen LogP) is 4.81. The summed E-state index contributed by atoms with van der Waals surface area (Å²) < 4.78 is 29.3. The van der Waals surface area contributed by atoms with E-state index in [2.05, 4.69) is 0 Å². The van der Waals surface area contributed by atoms with Crippen molar-refractivity contribution in [3.8, 4) is 11.5 Å². The van der Waals surface area contributed by atoms with Crippen molar-refractivity contribution in [2.45, 2.75) is 45.5 Å². The smallest absolute Gasteiger partial charge is 0.303 e. The van der Waals surface area contributed by atoms with E-state index in [0.717, 1.165) is 10.8 Å². The highest BCUT2D eigenvalue weighted by molar-refractivity contribution is 6.09. The molecule has 4 aromatic rings. The van der Waals surface area contributed by atoms with E-state index < -0.39 is 29.7 Å². The van der Waals surface area contributed by atoms with Crippen molar-refractivity contribution < 1.29 is 33.0 Å². The highest BCUT2D eigenvalue weighted by Gasteiger charge is 2.50. The van der Waals surface area contributed by atoms with Gasteiger partial charge in [-0.15, -0.1) is 0 Å². The lowest BCUT2D eigenvalue weighted by molar-refractivity contribution is -0.187. The van der Waals surface area contributed by atoms with Gasteiger partial charge in [0, 0.05) is 19.9 Å². The van der Waals surface area contributed by atoms with Gasteiger partial charge in [0.15, 0.2) is 17.8 Å². The van der Waals surface area contributed by atoms with Crippen molar-refractivity contribution in [2.75, 3.05) is 7.11 Å². The van der Waals surface area contributed by atoms with Crippen LogP contribution in [0.15, 0.2) is 51.7 Å². The number of fused-ring (bicyclic) bond motifs is 6. The van der Waals surface area contributed by atoms with Gasteiger partial charge in [-0.3, -0.25) is 14.4 Å². The lowest BCUT2D eigenvalue weighted by Gasteiger charge is -2.43. The Balaban J connectivity index is 1.92. The van der Waals surface area contributed by atoms with Crippen LogP contribution in [0.1, 0.15) is 39.4 Å². The molecule has 1 aromatic heterocycles. The van der Waals surface area contributed by atoms with Crippen LogP contribution >= 0.6 is 0 Å². The number of rotatable bonds is 3. The van der Waals surface area contributed by atoms with Crippen LogP contribution < -0.4 is 14.9 Å². The second-order valence-corrected chi connectivity index (χ2v) is 9.05. The third kappa shape index (κ3) is 3.56. The molecule has 0 amide bonds. The maximum atomic E-state index is 13.9. The molecule has 0 N–H and O–H groups in total. The first-order chi connectivity index (χ1) is 16.6. The number of carbonyl (C=O) groups is 2. The van der Waals surface area contributed by atoms with E-state index in [1.165, 1.54) is 21.0 Å². The van der Waals surface area contributed by atoms with Crippen molar-refractivity contribution in [3.05, 3.63) is 58.3 Å². The van der Waals surface area contributed by atoms with Crippen LogP contribution in [0.5, 0.6) is 11.5 Å². The summed E-state index contributed by atoms with van der Waals surface area (Å²) in [7, 11) is 1.45. The van der Waals surface area contributed by atoms with Gasteiger partial charge in [-0.25, -0.2) is 0 Å². The van der Waals surface area contributed by atoms with Crippen LogP contribution in [-0.2, 0) is 19.1 Å². The first-order valence-corrected chi connectivity index (χ1v) is 11.1. The highest BCUT2D eigenvalue weighted by Crippen LogP contribution is 2.49. The van der Waals surface area contributed by atoms with Gasteiger partial charge in [0.1, 0.15) is 28.1 Å². The number of methoxy groups -OCH3 is 1. The fourth-order valence-electron chi connectivity index (χ4n) is 4.81. The van der Waals surface area contributed by atoms with E-state index in [9.17, 15) is 14.4 Å². The summed E-state index contributed by atoms with van der Waals surface area (Å²) in [6.45, 7) is 5.97. The molecule has 0 fully saturated rings. The molecule has 0 spiro atoms. The van der Waals surface area contributed by atoms with E-state index in [1.54, 1.807) is 26.0 Å². The van der Waals surface area contributed by atoms with Crippen molar-refractivity contribution in [1.29, 1.82) is 0 Å². The van der Waals surface area contributed by atoms with E-state index in [-0.39, 0.29) is 22.1 Å². The molecule has 8 nitrogen and oxygen atoms in total. The summed E-state index contributed by atoms with van der Waals surface area (Å²) in [4.78, 5) is 38.0. The molecule has 0 bridgehead atoms. The Morgan fingerprint density at radius 2 is 1.69 bits per heavy atom. The van der Waals surface area contributed by atoms with Gasteiger partial charge < -0.3 is 23.4 Å². The Bertz CT molecular complexity index is 1580. The average Bonchev–Trinajstić information content (AvgIpc) is 2.79. The Labute approximate surface area is 200 Å². The van der Waals surface area contributed by atoms with Crippen LogP contribution in [0.3, 0.4) is 0 Å². The summed E-state index contributed by atoms with van der Waals surface area (Å²) in [5, 5.41) is 2.22. The largest absolute Gasteiger partial charge is 0.496 e.